The van der Waals surface area contributed by atoms with Crippen molar-refractivity contribution in [3.05, 3.63) is 71.3 Å². The fourth-order valence-electron chi connectivity index (χ4n) is 3.42. The number of hydrogen-bond acceptors (Lipinski definition) is 4. The minimum absolute atomic E-state index is 0.102. The predicted octanol–water partition coefficient (Wildman–Crippen LogP) is 2.36. The lowest BCUT2D eigenvalue weighted by Crippen LogP contribution is -2.51. The van der Waals surface area contributed by atoms with Gasteiger partial charge in [-0.25, -0.2) is 0 Å². The number of nitrogens with two attached hydrogens (primary N) is 1. The molecule has 1 fully saturated rings. The largest absolute Gasteiger partial charge is 0.379 e. The van der Waals surface area contributed by atoms with Crippen molar-refractivity contribution >= 4 is 5.91 Å². The molecule has 3 rings (SSSR count). The lowest BCUT2D eigenvalue weighted by atomic mass is 9.92. The molecule has 144 valence electrons. The summed E-state index contributed by atoms with van der Waals surface area (Å²) in [6, 6.07) is 18.1. The molecule has 5 nitrogen and oxygen atoms in total. The number of carbonyl (C=O) groups excluding carboxylic acids is 1. The summed E-state index contributed by atoms with van der Waals surface area (Å²) in [5.41, 5.74) is 8.52. The van der Waals surface area contributed by atoms with Crippen LogP contribution < -0.4 is 11.1 Å². The SMILES string of the molecule is Cc1ccc(C(CNC(=O)C(C)(N)c2ccccc2)N2CCOCC2)cc1. The van der Waals surface area contributed by atoms with Gasteiger partial charge in [-0.1, -0.05) is 60.2 Å². The Balaban J connectivity index is 1.74. The molecule has 27 heavy (non-hydrogen) atoms. The van der Waals surface area contributed by atoms with Gasteiger partial charge in [-0.05, 0) is 25.0 Å². The highest BCUT2D eigenvalue weighted by molar-refractivity contribution is 5.87. The molecule has 0 spiro atoms. The van der Waals surface area contributed by atoms with Gasteiger partial charge in [-0.2, -0.15) is 0 Å². The summed E-state index contributed by atoms with van der Waals surface area (Å²) in [5, 5.41) is 3.09. The summed E-state index contributed by atoms with van der Waals surface area (Å²) in [6.45, 7) is 7.49. The van der Waals surface area contributed by atoms with Crippen molar-refractivity contribution in [2.24, 2.45) is 5.73 Å². The zero-order valence-corrected chi connectivity index (χ0v) is 16.2. The Morgan fingerprint density at radius 2 is 1.78 bits per heavy atom. The van der Waals surface area contributed by atoms with E-state index in [0.717, 1.165) is 31.9 Å². The zero-order valence-electron chi connectivity index (χ0n) is 16.2. The number of amides is 1. The van der Waals surface area contributed by atoms with Crippen LogP contribution in [0.5, 0.6) is 0 Å². The van der Waals surface area contributed by atoms with E-state index in [9.17, 15) is 4.79 Å². The maximum Gasteiger partial charge on any atom is 0.244 e. The Morgan fingerprint density at radius 3 is 2.41 bits per heavy atom. The van der Waals surface area contributed by atoms with Crippen LogP contribution in [0, 0.1) is 6.92 Å². The number of nitrogens with zero attached hydrogens (tertiary/aromatic N) is 1. The average molecular weight is 367 g/mol. The molecular weight excluding hydrogens is 338 g/mol. The molecule has 2 atom stereocenters. The summed E-state index contributed by atoms with van der Waals surface area (Å²) in [7, 11) is 0. The van der Waals surface area contributed by atoms with Crippen LogP contribution in [-0.2, 0) is 15.1 Å². The first-order valence-electron chi connectivity index (χ1n) is 9.49. The molecule has 2 unspecified atom stereocenters. The molecule has 0 bridgehead atoms. The maximum atomic E-state index is 12.9. The van der Waals surface area contributed by atoms with Crippen molar-refractivity contribution in [3.63, 3.8) is 0 Å². The zero-order chi connectivity index (χ0) is 19.3. The van der Waals surface area contributed by atoms with Gasteiger partial charge in [0.1, 0.15) is 5.54 Å². The molecule has 3 N–H and O–H groups in total. The second-order valence-electron chi connectivity index (χ2n) is 7.35. The van der Waals surface area contributed by atoms with E-state index in [-0.39, 0.29) is 11.9 Å². The number of nitrogens with one attached hydrogen (secondary N) is 1. The highest BCUT2D eigenvalue weighted by atomic mass is 16.5. The van der Waals surface area contributed by atoms with E-state index in [0.29, 0.717) is 6.54 Å². The Labute approximate surface area is 161 Å². The molecule has 1 aliphatic heterocycles. The standard InChI is InChI=1S/C22H29N3O2/c1-17-8-10-18(11-9-17)20(25-12-14-27-15-13-25)16-24-21(26)22(2,23)19-6-4-3-5-7-19/h3-11,20H,12-16,23H2,1-2H3,(H,24,26). The number of carbonyl (C=O) groups is 1. The third-order valence-electron chi connectivity index (χ3n) is 5.25. The van der Waals surface area contributed by atoms with Crippen LogP contribution in [0.25, 0.3) is 0 Å². The van der Waals surface area contributed by atoms with Crippen molar-refractivity contribution < 1.29 is 9.53 Å². The van der Waals surface area contributed by atoms with E-state index in [4.69, 9.17) is 10.5 Å². The summed E-state index contributed by atoms with van der Waals surface area (Å²) < 4.78 is 5.49. The van der Waals surface area contributed by atoms with Gasteiger partial charge < -0.3 is 15.8 Å². The molecule has 0 saturated carbocycles. The third-order valence-corrected chi connectivity index (χ3v) is 5.25. The average Bonchev–Trinajstić information content (AvgIpc) is 2.70. The van der Waals surface area contributed by atoms with E-state index in [2.05, 4.69) is 41.4 Å². The minimum atomic E-state index is -1.07. The topological polar surface area (TPSA) is 67.6 Å². The fraction of sp³-hybridized carbons (Fsp3) is 0.409. The van der Waals surface area contributed by atoms with Crippen LogP contribution in [0.1, 0.15) is 29.7 Å². The Kier molecular flexibility index (Phi) is 6.26. The van der Waals surface area contributed by atoms with Crippen LogP contribution in [0.2, 0.25) is 0 Å². The molecule has 1 aliphatic rings. The summed E-state index contributed by atoms with van der Waals surface area (Å²) in [6.07, 6.45) is 0. The Bertz CT molecular complexity index is 738. The van der Waals surface area contributed by atoms with Crippen LogP contribution >= 0.6 is 0 Å². The predicted molar refractivity (Wildman–Crippen MR) is 107 cm³/mol. The molecule has 0 aliphatic carbocycles. The molecule has 2 aromatic carbocycles. The van der Waals surface area contributed by atoms with Gasteiger partial charge in [0, 0.05) is 19.6 Å². The van der Waals surface area contributed by atoms with Gasteiger partial charge in [-0.15, -0.1) is 0 Å². The van der Waals surface area contributed by atoms with Gasteiger partial charge >= 0.3 is 0 Å². The number of rotatable bonds is 6. The lowest BCUT2D eigenvalue weighted by Gasteiger charge is -2.35. The molecule has 5 heteroatoms. The second kappa shape index (κ2) is 8.65. The lowest BCUT2D eigenvalue weighted by molar-refractivity contribution is -0.126. The molecule has 1 saturated heterocycles. The number of hydrogen-bond donors (Lipinski definition) is 2. The number of morpholine rings is 1. The van der Waals surface area contributed by atoms with Crippen LogP contribution in [0.4, 0.5) is 0 Å². The number of benzene rings is 2. The van der Waals surface area contributed by atoms with Gasteiger partial charge in [0.2, 0.25) is 5.91 Å². The second-order valence-corrected chi connectivity index (χ2v) is 7.35. The monoisotopic (exact) mass is 367 g/mol. The molecular formula is C22H29N3O2. The van der Waals surface area contributed by atoms with Gasteiger partial charge in [0.25, 0.3) is 0 Å². The maximum absolute atomic E-state index is 12.9. The van der Waals surface area contributed by atoms with Gasteiger partial charge in [-0.3, -0.25) is 9.69 Å². The van der Waals surface area contributed by atoms with Crippen molar-refractivity contribution in [1.82, 2.24) is 10.2 Å². The first-order chi connectivity index (χ1) is 13.0. The van der Waals surface area contributed by atoms with E-state index in [1.807, 2.05) is 30.3 Å². The normalized spacial score (nSPS) is 18.5. The van der Waals surface area contributed by atoms with Crippen LogP contribution in [0.15, 0.2) is 54.6 Å². The summed E-state index contributed by atoms with van der Waals surface area (Å²) in [5.74, 6) is -0.168. The van der Waals surface area contributed by atoms with Gasteiger partial charge in [0.05, 0.1) is 19.3 Å². The first kappa shape index (κ1) is 19.5. The molecule has 0 radical (unpaired) electrons. The summed E-state index contributed by atoms with van der Waals surface area (Å²) >= 11 is 0. The molecule has 0 aromatic heterocycles. The van der Waals surface area contributed by atoms with Crippen molar-refractivity contribution in [2.75, 3.05) is 32.8 Å². The molecule has 1 amide bonds. The summed E-state index contributed by atoms with van der Waals surface area (Å²) in [4.78, 5) is 15.2. The van der Waals surface area contributed by atoms with Gasteiger partial charge in [0.15, 0.2) is 0 Å². The third kappa shape index (κ3) is 4.75. The molecule has 2 aromatic rings. The van der Waals surface area contributed by atoms with E-state index >= 15 is 0 Å². The molecule has 1 heterocycles. The smallest absolute Gasteiger partial charge is 0.244 e. The fourth-order valence-corrected chi connectivity index (χ4v) is 3.42. The van der Waals surface area contributed by atoms with E-state index in [1.165, 1.54) is 11.1 Å². The first-order valence-corrected chi connectivity index (χ1v) is 9.49. The minimum Gasteiger partial charge on any atom is -0.379 e. The highest BCUT2D eigenvalue weighted by Crippen LogP contribution is 2.23. The number of aryl methyl sites for hydroxylation is 1. The van der Waals surface area contributed by atoms with Crippen LogP contribution in [-0.4, -0.2) is 43.7 Å². The quantitative estimate of drug-likeness (QED) is 0.822. The van der Waals surface area contributed by atoms with Crippen molar-refractivity contribution in [1.29, 1.82) is 0 Å². The van der Waals surface area contributed by atoms with Crippen molar-refractivity contribution in [3.8, 4) is 0 Å². The van der Waals surface area contributed by atoms with Crippen LogP contribution in [0.3, 0.4) is 0 Å². The Morgan fingerprint density at radius 1 is 1.15 bits per heavy atom. The van der Waals surface area contributed by atoms with E-state index in [1.54, 1.807) is 6.92 Å². The van der Waals surface area contributed by atoms with Crippen molar-refractivity contribution in [2.45, 2.75) is 25.4 Å². The van der Waals surface area contributed by atoms with E-state index < -0.39 is 5.54 Å². The highest BCUT2D eigenvalue weighted by Gasteiger charge is 2.31. The Hall–Kier alpha value is -2.21. The number of ether oxygens (including phenoxy) is 1.